The van der Waals surface area contributed by atoms with Crippen molar-refractivity contribution >= 4 is 11.8 Å². The van der Waals surface area contributed by atoms with Crippen molar-refractivity contribution in [1.29, 1.82) is 0 Å². The number of nitrogens with one attached hydrogen (secondary N) is 1. The molecule has 0 bridgehead atoms. The van der Waals surface area contributed by atoms with Crippen molar-refractivity contribution in [2.75, 3.05) is 11.9 Å². The Morgan fingerprint density at radius 1 is 1.38 bits per heavy atom. The maximum Gasteiger partial charge on any atom is 0.339 e. The van der Waals surface area contributed by atoms with Crippen LogP contribution in [-0.4, -0.2) is 27.8 Å². The maximum atomic E-state index is 11.1. The highest BCUT2D eigenvalue weighted by Crippen LogP contribution is 2.18. The van der Waals surface area contributed by atoms with Crippen LogP contribution in [0.3, 0.4) is 0 Å². The molecule has 1 rings (SSSR count). The molecular weight excluding hydrogens is 206 g/mol. The van der Waals surface area contributed by atoms with Gasteiger partial charge in [-0.15, -0.1) is 5.10 Å². The van der Waals surface area contributed by atoms with Crippen molar-refractivity contribution in [2.24, 2.45) is 0 Å². The maximum absolute atomic E-state index is 11.1. The smallest absolute Gasteiger partial charge is 0.339 e. The zero-order valence-electron chi connectivity index (χ0n) is 9.87. The zero-order valence-corrected chi connectivity index (χ0v) is 9.87. The number of aromatic carboxylic acids is 1. The van der Waals surface area contributed by atoms with Crippen LogP contribution in [0, 0.1) is 13.8 Å². The van der Waals surface area contributed by atoms with E-state index < -0.39 is 5.97 Å². The van der Waals surface area contributed by atoms with Gasteiger partial charge in [0.1, 0.15) is 5.56 Å². The normalized spacial score (nSPS) is 10.2. The van der Waals surface area contributed by atoms with Gasteiger partial charge >= 0.3 is 5.97 Å². The fourth-order valence-corrected chi connectivity index (χ4v) is 1.38. The van der Waals surface area contributed by atoms with Crippen molar-refractivity contribution in [1.82, 2.24) is 10.2 Å². The molecule has 0 unspecified atom stereocenters. The number of carboxylic acids is 1. The van der Waals surface area contributed by atoms with Gasteiger partial charge in [-0.1, -0.05) is 13.3 Å². The second-order valence-electron chi connectivity index (χ2n) is 3.72. The minimum atomic E-state index is -0.963. The first-order valence-electron chi connectivity index (χ1n) is 5.39. The van der Waals surface area contributed by atoms with E-state index in [9.17, 15) is 4.79 Å². The minimum Gasteiger partial charge on any atom is -0.478 e. The number of nitrogens with zero attached hydrogens (tertiary/aromatic N) is 2. The molecule has 5 nitrogen and oxygen atoms in total. The summed E-state index contributed by atoms with van der Waals surface area (Å²) in [5.74, 6) is -0.599. The molecule has 1 aromatic rings. The van der Waals surface area contributed by atoms with Gasteiger partial charge in [-0.2, -0.15) is 5.10 Å². The lowest BCUT2D eigenvalue weighted by Crippen LogP contribution is -2.13. The molecule has 1 aromatic heterocycles. The fraction of sp³-hybridized carbons (Fsp3) is 0.545. The van der Waals surface area contributed by atoms with E-state index >= 15 is 0 Å². The van der Waals surface area contributed by atoms with Crippen molar-refractivity contribution < 1.29 is 9.90 Å². The summed E-state index contributed by atoms with van der Waals surface area (Å²) in [7, 11) is 0. The summed E-state index contributed by atoms with van der Waals surface area (Å²) in [5, 5.41) is 19.9. The average molecular weight is 223 g/mol. The van der Waals surface area contributed by atoms with E-state index in [0.717, 1.165) is 12.8 Å². The molecule has 0 spiro atoms. The van der Waals surface area contributed by atoms with Crippen LogP contribution >= 0.6 is 0 Å². The molecule has 0 aliphatic carbocycles. The van der Waals surface area contributed by atoms with Gasteiger partial charge in [-0.25, -0.2) is 4.79 Å². The predicted molar refractivity (Wildman–Crippen MR) is 61.9 cm³/mol. The van der Waals surface area contributed by atoms with Crippen molar-refractivity contribution in [3.8, 4) is 0 Å². The second-order valence-corrected chi connectivity index (χ2v) is 3.72. The largest absolute Gasteiger partial charge is 0.478 e. The van der Waals surface area contributed by atoms with E-state index in [0.29, 0.717) is 23.6 Å². The van der Waals surface area contributed by atoms with Crippen LogP contribution in [0.15, 0.2) is 0 Å². The Balaban J connectivity index is 2.99. The first-order chi connectivity index (χ1) is 7.57. The third-order valence-electron chi connectivity index (χ3n) is 2.49. The average Bonchev–Trinajstić information content (AvgIpc) is 2.23. The van der Waals surface area contributed by atoms with Crippen LogP contribution in [0.1, 0.15) is 41.4 Å². The monoisotopic (exact) mass is 223 g/mol. The third-order valence-corrected chi connectivity index (χ3v) is 2.49. The molecule has 16 heavy (non-hydrogen) atoms. The summed E-state index contributed by atoms with van der Waals surface area (Å²) < 4.78 is 0. The van der Waals surface area contributed by atoms with Gasteiger partial charge in [0, 0.05) is 6.54 Å². The van der Waals surface area contributed by atoms with Gasteiger partial charge in [0.25, 0.3) is 0 Å². The number of hydrogen-bond donors (Lipinski definition) is 2. The molecule has 88 valence electrons. The van der Waals surface area contributed by atoms with Crippen LogP contribution in [0.25, 0.3) is 0 Å². The lowest BCUT2D eigenvalue weighted by molar-refractivity contribution is 0.0696. The standard InChI is InChI=1S/C11H17N3O2/c1-4-5-6-12-10-9(11(15)16)7(2)8(3)13-14-10/h4-6H2,1-3H3,(H,12,14)(H,15,16). The zero-order chi connectivity index (χ0) is 12.1. The Hall–Kier alpha value is -1.65. The van der Waals surface area contributed by atoms with Crippen LogP contribution in [0.4, 0.5) is 5.82 Å². The Morgan fingerprint density at radius 2 is 2.06 bits per heavy atom. The summed E-state index contributed by atoms with van der Waals surface area (Å²) in [5.41, 5.74) is 1.54. The van der Waals surface area contributed by atoms with Gasteiger partial charge < -0.3 is 10.4 Å². The molecule has 0 fully saturated rings. The number of aryl methyl sites for hydroxylation is 1. The van der Waals surface area contributed by atoms with Gasteiger partial charge in [-0.3, -0.25) is 0 Å². The molecule has 0 radical (unpaired) electrons. The number of carbonyl (C=O) groups is 1. The van der Waals surface area contributed by atoms with Gasteiger partial charge in [0.05, 0.1) is 5.69 Å². The number of unbranched alkanes of at least 4 members (excludes halogenated alkanes) is 1. The van der Waals surface area contributed by atoms with Gasteiger partial charge in [0.15, 0.2) is 5.82 Å². The molecule has 1 heterocycles. The molecule has 2 N–H and O–H groups in total. The van der Waals surface area contributed by atoms with E-state index in [1.54, 1.807) is 13.8 Å². The van der Waals surface area contributed by atoms with E-state index in [1.807, 2.05) is 0 Å². The number of hydrogen-bond acceptors (Lipinski definition) is 4. The highest BCUT2D eigenvalue weighted by molar-refractivity contribution is 5.94. The first kappa shape index (κ1) is 12.4. The van der Waals surface area contributed by atoms with Crippen LogP contribution in [-0.2, 0) is 0 Å². The Kier molecular flexibility index (Phi) is 4.22. The number of aromatic nitrogens is 2. The summed E-state index contributed by atoms with van der Waals surface area (Å²) in [6.07, 6.45) is 2.03. The fourth-order valence-electron chi connectivity index (χ4n) is 1.38. The number of rotatable bonds is 5. The van der Waals surface area contributed by atoms with E-state index in [2.05, 4.69) is 22.4 Å². The SMILES string of the molecule is CCCCNc1nnc(C)c(C)c1C(=O)O. The summed E-state index contributed by atoms with van der Waals surface area (Å²) >= 11 is 0. The summed E-state index contributed by atoms with van der Waals surface area (Å²) in [6.45, 7) is 6.29. The quantitative estimate of drug-likeness (QED) is 0.747. The molecular formula is C11H17N3O2. The minimum absolute atomic E-state index is 0.226. The Morgan fingerprint density at radius 3 is 2.62 bits per heavy atom. The molecule has 0 saturated heterocycles. The van der Waals surface area contributed by atoms with Crippen molar-refractivity contribution in [3.05, 3.63) is 16.8 Å². The third kappa shape index (κ3) is 2.68. The summed E-state index contributed by atoms with van der Waals surface area (Å²) in [6, 6.07) is 0. The highest BCUT2D eigenvalue weighted by atomic mass is 16.4. The number of carboxylic acid groups (broad SMARTS) is 1. The second kappa shape index (κ2) is 5.44. The van der Waals surface area contributed by atoms with E-state index in [1.165, 1.54) is 0 Å². The first-order valence-corrected chi connectivity index (χ1v) is 5.39. The van der Waals surface area contributed by atoms with Crippen molar-refractivity contribution in [3.63, 3.8) is 0 Å². The van der Waals surface area contributed by atoms with E-state index in [4.69, 9.17) is 5.11 Å². The predicted octanol–water partition coefficient (Wildman–Crippen LogP) is 2.00. The molecule has 0 aliphatic rings. The van der Waals surface area contributed by atoms with Crippen molar-refractivity contribution in [2.45, 2.75) is 33.6 Å². The number of anilines is 1. The van der Waals surface area contributed by atoms with Crippen LogP contribution in [0.2, 0.25) is 0 Å². The topological polar surface area (TPSA) is 75.1 Å². The molecule has 0 aromatic carbocycles. The van der Waals surface area contributed by atoms with Gasteiger partial charge in [0.2, 0.25) is 0 Å². The van der Waals surface area contributed by atoms with E-state index in [-0.39, 0.29) is 5.56 Å². The van der Waals surface area contributed by atoms with Crippen LogP contribution < -0.4 is 5.32 Å². The molecule has 0 amide bonds. The van der Waals surface area contributed by atoms with Gasteiger partial charge in [-0.05, 0) is 25.8 Å². The summed E-state index contributed by atoms with van der Waals surface area (Å²) in [4.78, 5) is 11.1. The molecule has 0 aliphatic heterocycles. The lowest BCUT2D eigenvalue weighted by Gasteiger charge is -2.10. The Labute approximate surface area is 94.9 Å². The highest BCUT2D eigenvalue weighted by Gasteiger charge is 2.16. The molecule has 0 saturated carbocycles. The molecule has 5 heteroatoms. The van der Waals surface area contributed by atoms with Crippen LogP contribution in [0.5, 0.6) is 0 Å². The molecule has 0 atom stereocenters. The lowest BCUT2D eigenvalue weighted by atomic mass is 10.1. The Bertz CT molecular complexity index is 391.